The number of nitrogens with zero attached hydrogens (tertiary/aromatic N) is 1. The topological polar surface area (TPSA) is 22.1 Å². The minimum atomic E-state index is 0.775. The standard InChI is InChI=1S/C13H13NO/c1-3-5-11-12(15-2)8-7-10-6-4-9-14-13(10)11/h3-4,6-9H,1,5H2,2H3. The van der Waals surface area contributed by atoms with Crippen LogP contribution in [-0.4, -0.2) is 12.1 Å². The predicted octanol–water partition coefficient (Wildman–Crippen LogP) is 2.97. The van der Waals surface area contributed by atoms with E-state index in [9.17, 15) is 0 Å². The van der Waals surface area contributed by atoms with Crippen LogP contribution in [0.1, 0.15) is 5.56 Å². The summed E-state index contributed by atoms with van der Waals surface area (Å²) in [4.78, 5) is 4.38. The first-order chi connectivity index (χ1) is 7.36. The molecule has 0 radical (unpaired) electrons. The minimum Gasteiger partial charge on any atom is -0.496 e. The molecule has 0 aliphatic heterocycles. The normalized spacial score (nSPS) is 10.2. The Morgan fingerprint density at radius 2 is 2.27 bits per heavy atom. The van der Waals surface area contributed by atoms with Crippen LogP contribution < -0.4 is 4.74 Å². The molecule has 2 aromatic rings. The van der Waals surface area contributed by atoms with Gasteiger partial charge in [0.1, 0.15) is 5.75 Å². The number of pyridine rings is 1. The van der Waals surface area contributed by atoms with E-state index in [-0.39, 0.29) is 0 Å². The first-order valence-electron chi connectivity index (χ1n) is 4.88. The second-order valence-corrected chi connectivity index (χ2v) is 3.31. The van der Waals surface area contributed by atoms with E-state index in [1.54, 1.807) is 13.3 Å². The van der Waals surface area contributed by atoms with Crippen LogP contribution in [0.5, 0.6) is 5.75 Å². The SMILES string of the molecule is C=CCc1c(OC)ccc2cccnc12. The van der Waals surface area contributed by atoms with Crippen molar-refractivity contribution in [3.05, 3.63) is 48.7 Å². The highest BCUT2D eigenvalue weighted by atomic mass is 16.5. The summed E-state index contributed by atoms with van der Waals surface area (Å²) in [6.07, 6.45) is 4.44. The molecule has 0 atom stereocenters. The maximum atomic E-state index is 5.32. The summed E-state index contributed by atoms with van der Waals surface area (Å²) in [5.74, 6) is 0.876. The summed E-state index contributed by atoms with van der Waals surface area (Å²) in [6.45, 7) is 3.75. The summed E-state index contributed by atoms with van der Waals surface area (Å²) in [7, 11) is 1.68. The fraction of sp³-hybridized carbons (Fsp3) is 0.154. The number of rotatable bonds is 3. The Morgan fingerprint density at radius 3 is 3.00 bits per heavy atom. The van der Waals surface area contributed by atoms with Crippen molar-refractivity contribution in [3.63, 3.8) is 0 Å². The molecule has 1 heterocycles. The van der Waals surface area contributed by atoms with Gasteiger partial charge >= 0.3 is 0 Å². The molecule has 15 heavy (non-hydrogen) atoms. The number of hydrogen-bond donors (Lipinski definition) is 0. The monoisotopic (exact) mass is 199 g/mol. The first kappa shape index (κ1) is 9.71. The highest BCUT2D eigenvalue weighted by molar-refractivity contribution is 5.84. The van der Waals surface area contributed by atoms with E-state index >= 15 is 0 Å². The van der Waals surface area contributed by atoms with Crippen molar-refractivity contribution in [2.24, 2.45) is 0 Å². The third kappa shape index (κ3) is 1.71. The average Bonchev–Trinajstić information content (AvgIpc) is 2.30. The maximum Gasteiger partial charge on any atom is 0.124 e. The molecule has 0 spiro atoms. The Bertz CT molecular complexity index is 491. The first-order valence-corrected chi connectivity index (χ1v) is 4.88. The fourth-order valence-corrected chi connectivity index (χ4v) is 1.72. The van der Waals surface area contributed by atoms with E-state index < -0.39 is 0 Å². The molecular weight excluding hydrogens is 186 g/mol. The third-order valence-electron chi connectivity index (χ3n) is 2.40. The van der Waals surface area contributed by atoms with Crippen LogP contribution in [0.2, 0.25) is 0 Å². The predicted molar refractivity (Wildman–Crippen MR) is 62.2 cm³/mol. The van der Waals surface area contributed by atoms with Gasteiger partial charge in [-0.05, 0) is 24.6 Å². The number of methoxy groups -OCH3 is 1. The number of aromatic nitrogens is 1. The zero-order valence-corrected chi connectivity index (χ0v) is 8.73. The number of fused-ring (bicyclic) bond motifs is 1. The van der Waals surface area contributed by atoms with Crippen molar-refractivity contribution in [1.82, 2.24) is 4.98 Å². The smallest absolute Gasteiger partial charge is 0.124 e. The van der Waals surface area contributed by atoms with Crippen molar-refractivity contribution in [2.75, 3.05) is 7.11 Å². The van der Waals surface area contributed by atoms with E-state index in [1.165, 1.54) is 0 Å². The van der Waals surface area contributed by atoms with Crippen LogP contribution in [0.4, 0.5) is 0 Å². The van der Waals surface area contributed by atoms with E-state index in [0.29, 0.717) is 0 Å². The van der Waals surface area contributed by atoms with E-state index in [2.05, 4.69) is 11.6 Å². The van der Waals surface area contributed by atoms with Gasteiger partial charge in [-0.2, -0.15) is 0 Å². The minimum absolute atomic E-state index is 0.775. The summed E-state index contributed by atoms with van der Waals surface area (Å²) in [5, 5.41) is 1.13. The Kier molecular flexibility index (Phi) is 2.68. The molecule has 2 heteroatoms. The van der Waals surface area contributed by atoms with Gasteiger partial charge < -0.3 is 4.74 Å². The maximum absolute atomic E-state index is 5.32. The number of ether oxygens (including phenoxy) is 1. The summed E-state index contributed by atoms with van der Waals surface area (Å²) < 4.78 is 5.32. The van der Waals surface area contributed by atoms with Crippen LogP contribution in [0.15, 0.2) is 43.1 Å². The Morgan fingerprint density at radius 1 is 1.40 bits per heavy atom. The highest BCUT2D eigenvalue weighted by Gasteiger charge is 2.06. The van der Waals surface area contributed by atoms with Crippen molar-refractivity contribution >= 4 is 10.9 Å². The molecule has 1 aromatic heterocycles. The highest BCUT2D eigenvalue weighted by Crippen LogP contribution is 2.26. The molecule has 0 saturated carbocycles. The average molecular weight is 199 g/mol. The molecule has 0 amide bonds. The lowest BCUT2D eigenvalue weighted by Crippen LogP contribution is -1.93. The van der Waals surface area contributed by atoms with Crippen molar-refractivity contribution in [1.29, 1.82) is 0 Å². The fourth-order valence-electron chi connectivity index (χ4n) is 1.72. The van der Waals surface area contributed by atoms with Gasteiger partial charge in [-0.3, -0.25) is 4.98 Å². The lowest BCUT2D eigenvalue weighted by molar-refractivity contribution is 0.411. The van der Waals surface area contributed by atoms with Crippen LogP contribution in [-0.2, 0) is 6.42 Å². The zero-order valence-electron chi connectivity index (χ0n) is 8.73. The largest absolute Gasteiger partial charge is 0.496 e. The molecule has 0 unspecified atom stereocenters. The molecule has 1 aromatic carbocycles. The number of hydrogen-bond acceptors (Lipinski definition) is 2. The zero-order chi connectivity index (χ0) is 10.7. The quantitative estimate of drug-likeness (QED) is 0.709. The second-order valence-electron chi connectivity index (χ2n) is 3.31. The number of allylic oxidation sites excluding steroid dienone is 1. The van der Waals surface area contributed by atoms with Gasteiger partial charge in [0.15, 0.2) is 0 Å². The summed E-state index contributed by atoms with van der Waals surface area (Å²) in [5.41, 5.74) is 2.10. The summed E-state index contributed by atoms with van der Waals surface area (Å²) >= 11 is 0. The van der Waals surface area contributed by atoms with Gasteiger partial charge in [0.05, 0.1) is 12.6 Å². The molecule has 0 bridgehead atoms. The second kappa shape index (κ2) is 4.13. The van der Waals surface area contributed by atoms with Gasteiger partial charge in [0.25, 0.3) is 0 Å². The van der Waals surface area contributed by atoms with Crippen LogP contribution >= 0.6 is 0 Å². The van der Waals surface area contributed by atoms with E-state index in [0.717, 1.165) is 28.6 Å². The van der Waals surface area contributed by atoms with E-state index in [4.69, 9.17) is 4.74 Å². The van der Waals surface area contributed by atoms with Crippen molar-refractivity contribution in [3.8, 4) is 5.75 Å². The van der Waals surface area contributed by atoms with Crippen molar-refractivity contribution in [2.45, 2.75) is 6.42 Å². The molecule has 0 N–H and O–H groups in total. The molecule has 0 aliphatic carbocycles. The van der Waals surface area contributed by atoms with Crippen LogP contribution in [0.3, 0.4) is 0 Å². The van der Waals surface area contributed by atoms with Gasteiger partial charge in [-0.15, -0.1) is 6.58 Å². The van der Waals surface area contributed by atoms with E-state index in [1.807, 2.05) is 30.3 Å². The molecular formula is C13H13NO. The lowest BCUT2D eigenvalue weighted by Gasteiger charge is -2.09. The van der Waals surface area contributed by atoms with Gasteiger partial charge in [-0.25, -0.2) is 0 Å². The van der Waals surface area contributed by atoms with Crippen LogP contribution in [0.25, 0.3) is 10.9 Å². The molecule has 76 valence electrons. The third-order valence-corrected chi connectivity index (χ3v) is 2.40. The Labute approximate surface area is 89.2 Å². The molecule has 2 nitrogen and oxygen atoms in total. The van der Waals surface area contributed by atoms with Gasteiger partial charge in [0.2, 0.25) is 0 Å². The van der Waals surface area contributed by atoms with Gasteiger partial charge in [0, 0.05) is 17.1 Å². The van der Waals surface area contributed by atoms with Gasteiger partial charge in [-0.1, -0.05) is 12.1 Å². The van der Waals surface area contributed by atoms with Crippen LogP contribution in [0, 0.1) is 0 Å². The molecule has 0 aliphatic rings. The Balaban J connectivity index is 2.72. The number of benzene rings is 1. The Hall–Kier alpha value is -1.83. The summed E-state index contributed by atoms with van der Waals surface area (Å²) in [6, 6.07) is 7.98. The lowest BCUT2D eigenvalue weighted by atomic mass is 10.1. The molecule has 2 rings (SSSR count). The molecule has 0 fully saturated rings. The van der Waals surface area contributed by atoms with Crippen molar-refractivity contribution < 1.29 is 4.74 Å². The molecule has 0 saturated heterocycles.